The lowest BCUT2D eigenvalue weighted by Gasteiger charge is -2.50. The van der Waals surface area contributed by atoms with Crippen molar-refractivity contribution in [1.29, 1.82) is 0 Å². The van der Waals surface area contributed by atoms with E-state index < -0.39 is 0 Å². The molecule has 0 aromatic rings. The van der Waals surface area contributed by atoms with Crippen molar-refractivity contribution in [2.24, 2.45) is 11.3 Å². The average Bonchev–Trinajstić information content (AvgIpc) is 2.63. The van der Waals surface area contributed by atoms with Gasteiger partial charge in [-0.3, -0.25) is 4.90 Å². The van der Waals surface area contributed by atoms with E-state index >= 15 is 0 Å². The number of rotatable bonds is 4. The van der Waals surface area contributed by atoms with Gasteiger partial charge in [0, 0.05) is 38.8 Å². The number of fused-ring (bicyclic) bond motifs is 1. The molecule has 0 spiro atoms. The smallest absolute Gasteiger partial charge is 0.0594 e. The van der Waals surface area contributed by atoms with Gasteiger partial charge in [-0.15, -0.1) is 0 Å². The highest BCUT2D eigenvalue weighted by Gasteiger charge is 2.40. The van der Waals surface area contributed by atoms with Gasteiger partial charge in [0.2, 0.25) is 0 Å². The van der Waals surface area contributed by atoms with E-state index in [1.165, 1.54) is 84.1 Å². The van der Waals surface area contributed by atoms with Gasteiger partial charge in [0.15, 0.2) is 0 Å². The summed E-state index contributed by atoms with van der Waals surface area (Å²) in [5.41, 5.74) is 0.559. The number of likely N-dealkylation sites (tertiary alicyclic amines) is 2. The zero-order valence-electron chi connectivity index (χ0n) is 16.4. The minimum atomic E-state index is 0.559. The lowest BCUT2D eigenvalue weighted by atomic mass is 9.72. The Balaban J connectivity index is 1.38. The first kappa shape index (κ1) is 18.2. The van der Waals surface area contributed by atoms with Crippen LogP contribution in [0.25, 0.3) is 0 Å². The second-order valence-corrected chi connectivity index (χ2v) is 9.42. The van der Waals surface area contributed by atoms with Crippen molar-refractivity contribution in [2.45, 2.75) is 57.4 Å². The molecular weight excluding hydrogens is 310 g/mol. The van der Waals surface area contributed by atoms with Crippen molar-refractivity contribution in [2.75, 3.05) is 66.1 Å². The fourth-order valence-electron chi connectivity index (χ4n) is 6.25. The van der Waals surface area contributed by atoms with E-state index in [0.717, 1.165) is 38.3 Å². The second kappa shape index (κ2) is 8.24. The number of hydrogen-bond donors (Lipinski definition) is 0. The van der Waals surface area contributed by atoms with E-state index in [1.807, 2.05) is 0 Å². The van der Waals surface area contributed by atoms with Gasteiger partial charge in [0.05, 0.1) is 13.2 Å². The van der Waals surface area contributed by atoms with E-state index in [0.29, 0.717) is 5.41 Å². The Bertz CT molecular complexity index is 417. The molecule has 0 unspecified atom stereocenters. The third kappa shape index (κ3) is 4.40. The van der Waals surface area contributed by atoms with Crippen LogP contribution in [-0.2, 0) is 4.74 Å². The summed E-state index contributed by atoms with van der Waals surface area (Å²) >= 11 is 0. The third-order valence-electron chi connectivity index (χ3n) is 7.57. The first-order valence-corrected chi connectivity index (χ1v) is 11.0. The van der Waals surface area contributed by atoms with Gasteiger partial charge >= 0.3 is 0 Å². The van der Waals surface area contributed by atoms with Crippen LogP contribution in [0.2, 0.25) is 0 Å². The minimum Gasteiger partial charge on any atom is -0.379 e. The molecule has 0 aromatic heterocycles. The van der Waals surface area contributed by atoms with Gasteiger partial charge in [0.1, 0.15) is 0 Å². The number of piperidine rings is 2. The Morgan fingerprint density at radius 3 is 2.40 bits per heavy atom. The summed E-state index contributed by atoms with van der Waals surface area (Å²) < 4.78 is 5.58. The molecule has 144 valence electrons. The Kier molecular flexibility index (Phi) is 6.01. The van der Waals surface area contributed by atoms with Crippen molar-refractivity contribution in [3.05, 3.63) is 0 Å². The highest BCUT2D eigenvalue weighted by atomic mass is 16.5. The maximum atomic E-state index is 5.58. The highest BCUT2D eigenvalue weighted by Crippen LogP contribution is 2.39. The van der Waals surface area contributed by atoms with Crippen LogP contribution in [-0.4, -0.2) is 86.8 Å². The lowest BCUT2D eigenvalue weighted by molar-refractivity contribution is -0.0213. The highest BCUT2D eigenvalue weighted by molar-refractivity contribution is 4.94. The molecule has 0 bridgehead atoms. The first-order chi connectivity index (χ1) is 12.2. The van der Waals surface area contributed by atoms with Gasteiger partial charge in [-0.25, -0.2) is 0 Å². The summed E-state index contributed by atoms with van der Waals surface area (Å²) in [6.45, 7) is 10.9. The quantitative estimate of drug-likeness (QED) is 0.777. The molecule has 25 heavy (non-hydrogen) atoms. The van der Waals surface area contributed by atoms with E-state index in [1.54, 1.807) is 0 Å². The summed E-state index contributed by atoms with van der Waals surface area (Å²) in [5, 5.41) is 0. The Labute approximate surface area is 154 Å². The Hall–Kier alpha value is -0.160. The van der Waals surface area contributed by atoms with E-state index in [9.17, 15) is 0 Å². The first-order valence-electron chi connectivity index (χ1n) is 11.0. The fourth-order valence-corrected chi connectivity index (χ4v) is 6.25. The Morgan fingerprint density at radius 2 is 1.60 bits per heavy atom. The summed E-state index contributed by atoms with van der Waals surface area (Å²) in [4.78, 5) is 8.22. The topological polar surface area (TPSA) is 19.0 Å². The summed E-state index contributed by atoms with van der Waals surface area (Å²) in [6, 6.07) is 0.867. The maximum absolute atomic E-state index is 5.58. The molecule has 4 rings (SSSR count). The largest absolute Gasteiger partial charge is 0.379 e. The number of nitrogens with zero attached hydrogens (tertiary/aromatic N) is 3. The van der Waals surface area contributed by atoms with Crippen LogP contribution in [0, 0.1) is 11.3 Å². The molecular formula is C21H39N3O. The van der Waals surface area contributed by atoms with Gasteiger partial charge < -0.3 is 14.5 Å². The zero-order chi connectivity index (χ0) is 17.1. The molecule has 1 aliphatic carbocycles. The van der Waals surface area contributed by atoms with Crippen LogP contribution in [0.4, 0.5) is 0 Å². The predicted octanol–water partition coefficient (Wildman–Crippen LogP) is 2.69. The zero-order valence-corrected chi connectivity index (χ0v) is 16.4. The van der Waals surface area contributed by atoms with Gasteiger partial charge in [-0.05, 0) is 63.6 Å². The molecule has 4 nitrogen and oxygen atoms in total. The standard InChI is InChI=1S/C21H39N3O/c1-22-10-5-6-19-16-24(11-7-20(19)22)18-21(8-3-2-4-9-21)17-23-12-14-25-15-13-23/h19-20H,2-18H2,1H3/t19-,20+/m1/s1. The normalized spacial score (nSPS) is 35.4. The van der Waals surface area contributed by atoms with Gasteiger partial charge in [-0.2, -0.15) is 0 Å². The molecule has 3 saturated heterocycles. The maximum Gasteiger partial charge on any atom is 0.0594 e. The van der Waals surface area contributed by atoms with Gasteiger partial charge in [-0.1, -0.05) is 19.3 Å². The van der Waals surface area contributed by atoms with E-state index in [4.69, 9.17) is 4.74 Å². The SMILES string of the molecule is CN1CCC[C@@H]2CN(CC3(CN4CCOCC4)CCCCC3)CC[C@@H]21. The van der Waals surface area contributed by atoms with Crippen molar-refractivity contribution >= 4 is 0 Å². The van der Waals surface area contributed by atoms with Crippen molar-refractivity contribution in [3.8, 4) is 0 Å². The molecule has 4 fully saturated rings. The Morgan fingerprint density at radius 1 is 0.840 bits per heavy atom. The molecule has 0 N–H and O–H groups in total. The van der Waals surface area contributed by atoms with E-state index in [-0.39, 0.29) is 0 Å². The van der Waals surface area contributed by atoms with Crippen molar-refractivity contribution in [1.82, 2.24) is 14.7 Å². The predicted molar refractivity (Wildman–Crippen MR) is 103 cm³/mol. The van der Waals surface area contributed by atoms with Crippen LogP contribution in [0.1, 0.15) is 51.4 Å². The minimum absolute atomic E-state index is 0.559. The van der Waals surface area contributed by atoms with Crippen molar-refractivity contribution < 1.29 is 4.74 Å². The van der Waals surface area contributed by atoms with Crippen LogP contribution in [0.3, 0.4) is 0 Å². The molecule has 4 aliphatic rings. The monoisotopic (exact) mass is 349 g/mol. The second-order valence-electron chi connectivity index (χ2n) is 9.42. The van der Waals surface area contributed by atoms with Crippen LogP contribution >= 0.6 is 0 Å². The number of morpholine rings is 1. The summed E-state index contributed by atoms with van der Waals surface area (Å²) in [5.74, 6) is 0.927. The third-order valence-corrected chi connectivity index (χ3v) is 7.57. The lowest BCUT2D eigenvalue weighted by Crippen LogP contribution is -2.56. The van der Waals surface area contributed by atoms with E-state index in [2.05, 4.69) is 21.7 Å². The fraction of sp³-hybridized carbons (Fsp3) is 1.00. The molecule has 0 aromatic carbocycles. The molecule has 2 atom stereocenters. The summed E-state index contributed by atoms with van der Waals surface area (Å²) in [7, 11) is 2.35. The van der Waals surface area contributed by atoms with Crippen LogP contribution < -0.4 is 0 Å². The molecule has 3 aliphatic heterocycles. The van der Waals surface area contributed by atoms with Gasteiger partial charge in [0.25, 0.3) is 0 Å². The van der Waals surface area contributed by atoms with Crippen LogP contribution in [0.15, 0.2) is 0 Å². The molecule has 1 saturated carbocycles. The number of hydrogen-bond acceptors (Lipinski definition) is 4. The molecule has 4 heteroatoms. The summed E-state index contributed by atoms with van der Waals surface area (Å²) in [6.07, 6.45) is 11.5. The average molecular weight is 350 g/mol. The molecule has 0 amide bonds. The molecule has 3 heterocycles. The van der Waals surface area contributed by atoms with Crippen LogP contribution in [0.5, 0.6) is 0 Å². The van der Waals surface area contributed by atoms with Crippen molar-refractivity contribution in [3.63, 3.8) is 0 Å². The number of ether oxygens (including phenoxy) is 1. The molecule has 0 radical (unpaired) electrons.